The van der Waals surface area contributed by atoms with Crippen LogP contribution in [0.2, 0.25) is 0 Å². The fourth-order valence-electron chi connectivity index (χ4n) is 3.25. The second-order valence-corrected chi connectivity index (χ2v) is 8.41. The lowest BCUT2D eigenvalue weighted by atomic mass is 10.2. The number of sulfone groups is 1. The molecule has 1 aromatic carbocycles. The lowest BCUT2D eigenvalue weighted by Crippen LogP contribution is -2.43. The van der Waals surface area contributed by atoms with Gasteiger partial charge in [-0.05, 0) is 30.3 Å². The molecule has 0 atom stereocenters. The first-order valence-electron chi connectivity index (χ1n) is 8.62. The van der Waals surface area contributed by atoms with Crippen LogP contribution in [0.3, 0.4) is 0 Å². The second kappa shape index (κ2) is 6.78. The fourth-order valence-corrected chi connectivity index (χ4v) is 4.56. The van der Waals surface area contributed by atoms with Crippen LogP contribution in [0.15, 0.2) is 52.5 Å². The number of anilines is 1. The summed E-state index contributed by atoms with van der Waals surface area (Å²) in [5.74, 6) is 0.653. The molecule has 1 aliphatic heterocycles. The molecule has 2 N–H and O–H groups in total. The van der Waals surface area contributed by atoms with Crippen molar-refractivity contribution in [3.05, 3.63) is 48.2 Å². The minimum Gasteiger partial charge on any atom is -0.354 e. The van der Waals surface area contributed by atoms with Crippen molar-refractivity contribution < 1.29 is 21.6 Å². The molecular weight excluding hydrogens is 393 g/mol. The third-order valence-corrected chi connectivity index (χ3v) is 6.35. The van der Waals surface area contributed by atoms with Gasteiger partial charge in [-0.25, -0.2) is 13.4 Å². The molecule has 3 aromatic rings. The van der Waals surface area contributed by atoms with Gasteiger partial charge in [0.1, 0.15) is 10.8 Å². The van der Waals surface area contributed by atoms with Gasteiger partial charge in [0, 0.05) is 37.8 Å². The monoisotopic (exact) mass is 410 g/mol. The standard InChI is InChI=1S/C18H17F3N4O2S/c19-18(20,21)12-2-1-3-13(10-12)28(26,27)16-11-14-15(24-16)4-5-23-17(14)25-8-6-22-7-9-25/h1-5,10-11,22,24H,6-9H2. The van der Waals surface area contributed by atoms with Gasteiger partial charge < -0.3 is 15.2 Å². The second-order valence-electron chi connectivity index (χ2n) is 6.50. The summed E-state index contributed by atoms with van der Waals surface area (Å²) in [7, 11) is -4.15. The number of hydrogen-bond acceptors (Lipinski definition) is 5. The van der Waals surface area contributed by atoms with Gasteiger partial charge in [0.25, 0.3) is 0 Å². The van der Waals surface area contributed by atoms with E-state index >= 15 is 0 Å². The number of hydrogen-bond donors (Lipinski definition) is 2. The number of alkyl halides is 3. The quantitative estimate of drug-likeness (QED) is 0.694. The number of aromatic nitrogens is 2. The van der Waals surface area contributed by atoms with Crippen LogP contribution in [-0.4, -0.2) is 44.6 Å². The van der Waals surface area contributed by atoms with Crippen LogP contribution in [0.5, 0.6) is 0 Å². The zero-order chi connectivity index (χ0) is 19.9. The molecule has 1 fully saturated rings. The number of piperazine rings is 1. The number of aromatic amines is 1. The molecule has 0 unspecified atom stereocenters. The Kier molecular flexibility index (Phi) is 4.54. The number of pyridine rings is 1. The largest absolute Gasteiger partial charge is 0.416 e. The predicted molar refractivity (Wildman–Crippen MR) is 98.1 cm³/mol. The molecule has 10 heteroatoms. The molecule has 1 saturated heterocycles. The summed E-state index contributed by atoms with van der Waals surface area (Å²) in [6.07, 6.45) is -3.04. The van der Waals surface area contributed by atoms with E-state index in [0.29, 0.717) is 22.8 Å². The molecule has 0 bridgehead atoms. The van der Waals surface area contributed by atoms with Crippen LogP contribution >= 0.6 is 0 Å². The number of halogens is 3. The first-order valence-corrected chi connectivity index (χ1v) is 10.1. The molecule has 2 aromatic heterocycles. The summed E-state index contributed by atoms with van der Waals surface area (Å²) in [5.41, 5.74) is -0.443. The van der Waals surface area contributed by atoms with Gasteiger partial charge in [-0.2, -0.15) is 13.2 Å². The van der Waals surface area contributed by atoms with Crippen LogP contribution < -0.4 is 10.2 Å². The lowest BCUT2D eigenvalue weighted by molar-refractivity contribution is -0.137. The van der Waals surface area contributed by atoms with Crippen molar-refractivity contribution in [3.63, 3.8) is 0 Å². The molecule has 1 aliphatic rings. The molecule has 148 valence electrons. The van der Waals surface area contributed by atoms with Gasteiger partial charge in [-0.1, -0.05) is 6.07 Å². The van der Waals surface area contributed by atoms with Crippen LogP contribution in [0.1, 0.15) is 5.56 Å². The highest BCUT2D eigenvalue weighted by Gasteiger charge is 2.32. The Bertz CT molecular complexity index is 1120. The maximum atomic E-state index is 13.0. The highest BCUT2D eigenvalue weighted by atomic mass is 32.2. The van der Waals surface area contributed by atoms with Gasteiger partial charge in [0.15, 0.2) is 0 Å². The zero-order valence-electron chi connectivity index (χ0n) is 14.6. The number of H-pyrrole nitrogens is 1. The third kappa shape index (κ3) is 3.33. The minimum atomic E-state index is -4.62. The zero-order valence-corrected chi connectivity index (χ0v) is 15.4. The van der Waals surface area contributed by atoms with E-state index in [1.807, 2.05) is 4.90 Å². The molecule has 0 saturated carbocycles. The Labute approximate surface area is 159 Å². The number of nitrogens with one attached hydrogen (secondary N) is 2. The Morgan fingerprint density at radius 1 is 1.07 bits per heavy atom. The molecule has 6 nitrogen and oxygen atoms in total. The molecule has 28 heavy (non-hydrogen) atoms. The average molecular weight is 410 g/mol. The van der Waals surface area contributed by atoms with Crippen molar-refractivity contribution in [1.29, 1.82) is 0 Å². The lowest BCUT2D eigenvalue weighted by Gasteiger charge is -2.28. The van der Waals surface area contributed by atoms with Crippen LogP contribution in [0.25, 0.3) is 10.9 Å². The van der Waals surface area contributed by atoms with Crippen LogP contribution in [0.4, 0.5) is 19.0 Å². The number of nitrogens with zero attached hydrogens (tertiary/aromatic N) is 2. The summed E-state index contributed by atoms with van der Waals surface area (Å²) in [6, 6.07) is 6.83. The van der Waals surface area contributed by atoms with Gasteiger partial charge in [0.2, 0.25) is 9.84 Å². The molecular formula is C18H17F3N4O2S. The Morgan fingerprint density at radius 3 is 2.54 bits per heavy atom. The van der Waals surface area contributed by atoms with E-state index < -0.39 is 26.5 Å². The summed E-state index contributed by atoms with van der Waals surface area (Å²) >= 11 is 0. The minimum absolute atomic E-state index is 0.161. The third-order valence-electron chi connectivity index (χ3n) is 4.68. The van der Waals surface area contributed by atoms with Gasteiger partial charge >= 0.3 is 6.18 Å². The maximum absolute atomic E-state index is 13.0. The normalized spacial score (nSPS) is 15.9. The van der Waals surface area contributed by atoms with Crippen LogP contribution in [0, 0.1) is 0 Å². The van der Waals surface area contributed by atoms with Crippen molar-refractivity contribution in [2.45, 2.75) is 16.1 Å². The molecule has 4 rings (SSSR count). The first-order chi connectivity index (χ1) is 13.3. The van der Waals surface area contributed by atoms with Crippen molar-refractivity contribution in [3.8, 4) is 0 Å². The van der Waals surface area contributed by atoms with Crippen LogP contribution in [-0.2, 0) is 16.0 Å². The smallest absolute Gasteiger partial charge is 0.354 e. The fraction of sp³-hybridized carbons (Fsp3) is 0.278. The number of fused-ring (bicyclic) bond motifs is 1. The van der Waals surface area contributed by atoms with Gasteiger partial charge in [0.05, 0.1) is 16.0 Å². The van der Waals surface area contributed by atoms with Gasteiger partial charge in [-0.15, -0.1) is 0 Å². The van der Waals surface area contributed by atoms with E-state index in [1.165, 1.54) is 6.07 Å². The summed E-state index contributed by atoms with van der Waals surface area (Å²) in [4.78, 5) is 8.84. The molecule has 0 spiro atoms. The Balaban J connectivity index is 1.79. The molecule has 0 radical (unpaired) electrons. The number of benzene rings is 1. The Hall–Kier alpha value is -2.59. The highest BCUT2D eigenvalue weighted by Crippen LogP contribution is 2.33. The average Bonchev–Trinajstić information content (AvgIpc) is 3.13. The summed E-state index contributed by atoms with van der Waals surface area (Å²) in [5, 5.41) is 3.70. The molecule has 0 aliphatic carbocycles. The SMILES string of the molecule is O=S(=O)(c1cccc(C(F)(F)F)c1)c1cc2c(N3CCNCC3)nccc2[nH]1. The summed E-state index contributed by atoms with van der Waals surface area (Å²) < 4.78 is 64.7. The molecule has 0 amide bonds. The van der Waals surface area contributed by atoms with Crippen molar-refractivity contribution >= 4 is 26.6 Å². The van der Waals surface area contributed by atoms with Crippen molar-refractivity contribution in [2.24, 2.45) is 0 Å². The Morgan fingerprint density at radius 2 is 1.82 bits per heavy atom. The predicted octanol–water partition coefficient (Wildman–Crippen LogP) is 2.82. The summed E-state index contributed by atoms with van der Waals surface area (Å²) in [6.45, 7) is 3.04. The van der Waals surface area contributed by atoms with E-state index in [-0.39, 0.29) is 5.03 Å². The van der Waals surface area contributed by atoms with Crippen molar-refractivity contribution in [2.75, 3.05) is 31.1 Å². The van der Waals surface area contributed by atoms with E-state index in [9.17, 15) is 21.6 Å². The first kappa shape index (κ1) is 18.8. The van der Waals surface area contributed by atoms with Crippen molar-refractivity contribution in [1.82, 2.24) is 15.3 Å². The number of rotatable bonds is 3. The van der Waals surface area contributed by atoms with E-state index in [2.05, 4.69) is 15.3 Å². The van der Waals surface area contributed by atoms with E-state index in [4.69, 9.17) is 0 Å². The van der Waals surface area contributed by atoms with E-state index in [0.717, 1.165) is 44.4 Å². The topological polar surface area (TPSA) is 78.1 Å². The van der Waals surface area contributed by atoms with Gasteiger partial charge in [-0.3, -0.25) is 0 Å². The maximum Gasteiger partial charge on any atom is 0.416 e. The van der Waals surface area contributed by atoms with E-state index in [1.54, 1.807) is 12.3 Å². The highest BCUT2D eigenvalue weighted by molar-refractivity contribution is 7.91. The molecule has 3 heterocycles.